The predicted molar refractivity (Wildman–Crippen MR) is 73.1 cm³/mol. The highest BCUT2D eigenvalue weighted by Gasteiger charge is 2.16. The van der Waals surface area contributed by atoms with Crippen LogP contribution in [-0.2, 0) is 11.3 Å². The second kappa shape index (κ2) is 6.21. The van der Waals surface area contributed by atoms with Gasteiger partial charge in [-0.1, -0.05) is 12.1 Å². The monoisotopic (exact) mass is 293 g/mol. The highest BCUT2D eigenvalue weighted by molar-refractivity contribution is 5.90. The van der Waals surface area contributed by atoms with Crippen molar-refractivity contribution in [3.8, 4) is 5.75 Å². The summed E-state index contributed by atoms with van der Waals surface area (Å²) in [5.74, 6) is -2.60. The van der Waals surface area contributed by atoms with E-state index in [-0.39, 0.29) is 23.5 Å². The van der Waals surface area contributed by atoms with E-state index in [4.69, 9.17) is 0 Å². The van der Waals surface area contributed by atoms with Gasteiger partial charge in [-0.2, -0.15) is 0 Å². The highest BCUT2D eigenvalue weighted by Crippen LogP contribution is 2.21. The average molecular weight is 293 g/mol. The largest absolute Gasteiger partial charge is 0.508 e. The molecule has 6 heteroatoms. The Morgan fingerprint density at radius 3 is 2.67 bits per heavy atom. The Balaban J connectivity index is 2.21. The number of benzene rings is 2. The van der Waals surface area contributed by atoms with E-state index < -0.39 is 17.6 Å². The number of phenolic OH excluding ortho intramolecular Hbond substituents is 1. The van der Waals surface area contributed by atoms with Crippen molar-refractivity contribution in [2.75, 3.05) is 12.4 Å². The van der Waals surface area contributed by atoms with Crippen LogP contribution in [0.1, 0.15) is 15.9 Å². The molecule has 0 spiro atoms. The maximum absolute atomic E-state index is 13.7. The molecule has 2 N–H and O–H groups in total. The number of esters is 1. The molecule has 0 fully saturated rings. The molecule has 0 saturated carbocycles. The fraction of sp³-hybridized carbons (Fsp3) is 0.133. The molecule has 2 aromatic carbocycles. The standard InChI is InChI=1S/C15H13F2NO3/c1-21-15(20)11-6-14(13(17)7-12(11)16)18-8-9-3-2-4-10(19)5-9/h2-7,18-19H,8H2,1H3. The molecule has 110 valence electrons. The van der Waals surface area contributed by atoms with Crippen LogP contribution in [0.15, 0.2) is 36.4 Å². The highest BCUT2D eigenvalue weighted by atomic mass is 19.1. The van der Waals surface area contributed by atoms with Gasteiger partial charge in [0.1, 0.15) is 17.4 Å². The molecule has 2 aromatic rings. The third-order valence-electron chi connectivity index (χ3n) is 2.86. The third kappa shape index (κ3) is 3.47. The van der Waals surface area contributed by atoms with Crippen molar-refractivity contribution in [1.29, 1.82) is 0 Å². The van der Waals surface area contributed by atoms with Crippen LogP contribution < -0.4 is 5.32 Å². The lowest BCUT2D eigenvalue weighted by Gasteiger charge is -2.10. The van der Waals surface area contributed by atoms with Crippen LogP contribution >= 0.6 is 0 Å². The number of nitrogens with one attached hydrogen (secondary N) is 1. The molecule has 0 saturated heterocycles. The van der Waals surface area contributed by atoms with Gasteiger partial charge in [-0.15, -0.1) is 0 Å². The fourth-order valence-electron chi connectivity index (χ4n) is 1.81. The van der Waals surface area contributed by atoms with E-state index in [1.54, 1.807) is 12.1 Å². The minimum absolute atomic E-state index is 0.0276. The second-order valence-corrected chi connectivity index (χ2v) is 4.33. The van der Waals surface area contributed by atoms with Crippen molar-refractivity contribution in [2.24, 2.45) is 0 Å². The Kier molecular flexibility index (Phi) is 4.37. The molecule has 0 amide bonds. The summed E-state index contributed by atoms with van der Waals surface area (Å²) in [6, 6.07) is 8.08. The summed E-state index contributed by atoms with van der Waals surface area (Å²) in [6.45, 7) is 0.206. The summed E-state index contributed by atoms with van der Waals surface area (Å²) in [7, 11) is 1.12. The summed E-state index contributed by atoms with van der Waals surface area (Å²) >= 11 is 0. The Bertz CT molecular complexity index is 674. The summed E-state index contributed by atoms with van der Waals surface area (Å²) in [5.41, 5.74) is 0.329. The Labute approximate surface area is 120 Å². The van der Waals surface area contributed by atoms with Gasteiger partial charge in [0.2, 0.25) is 0 Å². The number of aromatic hydroxyl groups is 1. The predicted octanol–water partition coefficient (Wildman–Crippen LogP) is 3.07. The van der Waals surface area contributed by atoms with Crippen molar-refractivity contribution in [1.82, 2.24) is 0 Å². The van der Waals surface area contributed by atoms with Crippen LogP contribution in [0.5, 0.6) is 5.75 Å². The minimum atomic E-state index is -0.984. The first-order chi connectivity index (χ1) is 10.0. The topological polar surface area (TPSA) is 58.6 Å². The maximum atomic E-state index is 13.7. The molecule has 0 aromatic heterocycles. The quantitative estimate of drug-likeness (QED) is 0.851. The van der Waals surface area contributed by atoms with Crippen molar-refractivity contribution in [2.45, 2.75) is 6.54 Å². The normalized spacial score (nSPS) is 10.2. The zero-order chi connectivity index (χ0) is 15.4. The SMILES string of the molecule is COC(=O)c1cc(NCc2cccc(O)c2)c(F)cc1F. The zero-order valence-electron chi connectivity index (χ0n) is 11.2. The smallest absolute Gasteiger partial charge is 0.340 e. The molecule has 0 atom stereocenters. The number of methoxy groups -OCH3 is 1. The molecule has 0 aliphatic heterocycles. The van der Waals surface area contributed by atoms with Gasteiger partial charge in [-0.3, -0.25) is 0 Å². The van der Waals surface area contributed by atoms with Crippen molar-refractivity contribution in [3.05, 3.63) is 59.2 Å². The minimum Gasteiger partial charge on any atom is -0.508 e. The number of carbonyl (C=O) groups is 1. The molecule has 0 unspecified atom stereocenters. The van der Waals surface area contributed by atoms with Crippen molar-refractivity contribution in [3.63, 3.8) is 0 Å². The Morgan fingerprint density at radius 1 is 1.24 bits per heavy atom. The number of halogens is 2. The van der Waals surface area contributed by atoms with Gasteiger partial charge in [0.05, 0.1) is 18.4 Å². The number of hydrogen-bond donors (Lipinski definition) is 2. The first kappa shape index (κ1) is 14.8. The van der Waals surface area contributed by atoms with Crippen LogP contribution in [0, 0.1) is 11.6 Å². The molecule has 0 aliphatic rings. The van der Waals surface area contributed by atoms with Gasteiger partial charge < -0.3 is 15.2 Å². The molecule has 0 radical (unpaired) electrons. The Hall–Kier alpha value is -2.63. The number of rotatable bonds is 4. The van der Waals surface area contributed by atoms with E-state index in [1.807, 2.05) is 0 Å². The molecule has 2 rings (SSSR count). The molecular weight excluding hydrogens is 280 g/mol. The van der Waals surface area contributed by atoms with E-state index in [1.165, 1.54) is 12.1 Å². The van der Waals surface area contributed by atoms with E-state index in [0.29, 0.717) is 11.6 Å². The van der Waals surface area contributed by atoms with Crippen LogP contribution in [0.4, 0.5) is 14.5 Å². The number of ether oxygens (including phenoxy) is 1. The van der Waals surface area contributed by atoms with Gasteiger partial charge >= 0.3 is 5.97 Å². The van der Waals surface area contributed by atoms with Gasteiger partial charge in [0.25, 0.3) is 0 Å². The van der Waals surface area contributed by atoms with Gasteiger partial charge in [-0.25, -0.2) is 13.6 Å². The summed E-state index contributed by atoms with van der Waals surface area (Å²) < 4.78 is 31.6. The Morgan fingerprint density at radius 2 is 2.00 bits per heavy atom. The van der Waals surface area contributed by atoms with E-state index in [2.05, 4.69) is 10.1 Å². The summed E-state index contributed by atoms with van der Waals surface area (Å²) in [5, 5.41) is 12.1. The van der Waals surface area contributed by atoms with Gasteiger partial charge in [0, 0.05) is 12.6 Å². The lowest BCUT2D eigenvalue weighted by atomic mass is 10.1. The lowest BCUT2D eigenvalue weighted by Crippen LogP contribution is -2.08. The van der Waals surface area contributed by atoms with Gasteiger partial charge in [-0.05, 0) is 23.8 Å². The lowest BCUT2D eigenvalue weighted by molar-refractivity contribution is 0.0595. The van der Waals surface area contributed by atoms with E-state index >= 15 is 0 Å². The van der Waals surface area contributed by atoms with E-state index in [9.17, 15) is 18.7 Å². The van der Waals surface area contributed by atoms with Crippen LogP contribution in [-0.4, -0.2) is 18.2 Å². The van der Waals surface area contributed by atoms with Crippen molar-refractivity contribution >= 4 is 11.7 Å². The number of phenols is 1. The number of hydrogen-bond acceptors (Lipinski definition) is 4. The zero-order valence-corrected chi connectivity index (χ0v) is 11.2. The average Bonchev–Trinajstić information content (AvgIpc) is 2.45. The maximum Gasteiger partial charge on any atom is 0.340 e. The van der Waals surface area contributed by atoms with Crippen LogP contribution in [0.2, 0.25) is 0 Å². The molecule has 0 aliphatic carbocycles. The molecular formula is C15H13F2NO3. The molecule has 0 heterocycles. The van der Waals surface area contributed by atoms with Crippen LogP contribution in [0.3, 0.4) is 0 Å². The second-order valence-electron chi connectivity index (χ2n) is 4.33. The third-order valence-corrected chi connectivity index (χ3v) is 2.86. The van der Waals surface area contributed by atoms with Crippen LogP contribution in [0.25, 0.3) is 0 Å². The molecule has 4 nitrogen and oxygen atoms in total. The first-order valence-corrected chi connectivity index (χ1v) is 6.10. The van der Waals surface area contributed by atoms with Gasteiger partial charge in [0.15, 0.2) is 0 Å². The molecule has 21 heavy (non-hydrogen) atoms. The van der Waals surface area contributed by atoms with E-state index in [0.717, 1.165) is 13.2 Å². The number of carbonyl (C=O) groups excluding carboxylic acids is 1. The number of anilines is 1. The summed E-state index contributed by atoms with van der Waals surface area (Å²) in [4.78, 5) is 11.4. The summed E-state index contributed by atoms with van der Waals surface area (Å²) in [6.07, 6.45) is 0. The molecule has 0 bridgehead atoms. The van der Waals surface area contributed by atoms with Crippen molar-refractivity contribution < 1.29 is 23.4 Å². The first-order valence-electron chi connectivity index (χ1n) is 6.10. The fourth-order valence-corrected chi connectivity index (χ4v) is 1.81.